The molecule has 1 fully saturated rings. The summed E-state index contributed by atoms with van der Waals surface area (Å²) in [6.07, 6.45) is 0.267. The zero-order valence-electron chi connectivity index (χ0n) is 8.86. The van der Waals surface area contributed by atoms with Gasteiger partial charge in [-0.2, -0.15) is 0 Å². The Morgan fingerprint density at radius 1 is 1.38 bits per heavy atom. The van der Waals surface area contributed by atoms with E-state index in [0.717, 1.165) is 0 Å². The summed E-state index contributed by atoms with van der Waals surface area (Å²) in [6, 6.07) is 0. The molecule has 0 bridgehead atoms. The van der Waals surface area contributed by atoms with Gasteiger partial charge in [-0.15, -0.1) is 0 Å². The Bertz CT molecular complexity index is 158. The maximum atomic E-state index is 9.08. The van der Waals surface area contributed by atoms with Gasteiger partial charge in [0, 0.05) is 5.92 Å². The Hall–Kier alpha value is -0.120. The molecule has 0 amide bonds. The molecule has 1 heterocycles. The van der Waals surface area contributed by atoms with E-state index in [-0.39, 0.29) is 31.0 Å². The lowest BCUT2D eigenvalue weighted by atomic mass is 9.99. The van der Waals surface area contributed by atoms with Crippen LogP contribution in [-0.4, -0.2) is 36.1 Å². The van der Waals surface area contributed by atoms with Gasteiger partial charge in [-0.1, -0.05) is 6.92 Å². The Kier molecular flexibility index (Phi) is 3.71. The molecule has 3 heteroatoms. The predicted molar refractivity (Wildman–Crippen MR) is 50.6 cm³/mol. The highest BCUT2D eigenvalue weighted by Gasteiger charge is 2.40. The Labute approximate surface area is 80.0 Å². The topological polar surface area (TPSA) is 38.7 Å². The first-order valence-corrected chi connectivity index (χ1v) is 4.98. The maximum absolute atomic E-state index is 9.08. The average Bonchev–Trinajstić information content (AvgIpc) is 2.31. The fourth-order valence-electron chi connectivity index (χ4n) is 1.76. The predicted octanol–water partition coefficient (Wildman–Crippen LogP) is 1.20. The normalized spacial score (nSPS) is 40.2. The lowest BCUT2D eigenvalue weighted by molar-refractivity contribution is -0.0666. The number of hydrogen-bond donors (Lipinski definition) is 1. The van der Waals surface area contributed by atoms with E-state index >= 15 is 0 Å². The summed E-state index contributed by atoms with van der Waals surface area (Å²) in [6.45, 7) is 8.19. The van der Waals surface area contributed by atoms with Crippen LogP contribution in [0.1, 0.15) is 27.7 Å². The third-order valence-electron chi connectivity index (χ3n) is 2.62. The second-order valence-electron chi connectivity index (χ2n) is 4.07. The third kappa shape index (κ3) is 2.42. The van der Waals surface area contributed by atoms with Crippen molar-refractivity contribution in [3.8, 4) is 0 Å². The molecule has 1 rings (SSSR count). The standard InChI is InChI=1S/C10H20O3/c1-6(2)12-10-7(3)8(4)13-9(10)5-11/h6-11H,5H2,1-4H3/t7-,8+,9-,10?/m1/s1. The molecular weight excluding hydrogens is 168 g/mol. The van der Waals surface area contributed by atoms with Crippen molar-refractivity contribution in [2.24, 2.45) is 5.92 Å². The molecule has 0 aliphatic carbocycles. The van der Waals surface area contributed by atoms with E-state index in [4.69, 9.17) is 14.6 Å². The number of rotatable bonds is 3. The SMILES string of the molecule is CC(C)OC1[C@@H](CO)O[C@@H](C)[C@H]1C. The van der Waals surface area contributed by atoms with Crippen LogP contribution in [0.25, 0.3) is 0 Å². The van der Waals surface area contributed by atoms with Crippen LogP contribution in [0.5, 0.6) is 0 Å². The monoisotopic (exact) mass is 188 g/mol. The van der Waals surface area contributed by atoms with Crippen LogP contribution in [-0.2, 0) is 9.47 Å². The van der Waals surface area contributed by atoms with Gasteiger partial charge in [0.1, 0.15) is 6.10 Å². The lowest BCUT2D eigenvalue weighted by Crippen LogP contribution is -2.33. The van der Waals surface area contributed by atoms with Gasteiger partial charge in [-0.05, 0) is 20.8 Å². The van der Waals surface area contributed by atoms with Crippen LogP contribution in [0.2, 0.25) is 0 Å². The van der Waals surface area contributed by atoms with E-state index in [1.54, 1.807) is 0 Å². The van der Waals surface area contributed by atoms with Crippen molar-refractivity contribution in [1.29, 1.82) is 0 Å². The van der Waals surface area contributed by atoms with Gasteiger partial charge in [0.15, 0.2) is 0 Å². The highest BCUT2D eigenvalue weighted by Crippen LogP contribution is 2.29. The van der Waals surface area contributed by atoms with Crippen molar-refractivity contribution in [2.45, 2.75) is 52.1 Å². The number of ether oxygens (including phenoxy) is 2. The van der Waals surface area contributed by atoms with Crippen LogP contribution in [0, 0.1) is 5.92 Å². The van der Waals surface area contributed by atoms with Crippen molar-refractivity contribution in [3.63, 3.8) is 0 Å². The van der Waals surface area contributed by atoms with Crippen LogP contribution in [0.4, 0.5) is 0 Å². The molecule has 0 aromatic carbocycles. The van der Waals surface area contributed by atoms with Gasteiger partial charge in [0.05, 0.1) is 24.9 Å². The van der Waals surface area contributed by atoms with E-state index in [1.165, 1.54) is 0 Å². The van der Waals surface area contributed by atoms with Gasteiger partial charge >= 0.3 is 0 Å². The molecule has 0 spiro atoms. The zero-order valence-corrected chi connectivity index (χ0v) is 8.86. The van der Waals surface area contributed by atoms with Gasteiger partial charge in [0.25, 0.3) is 0 Å². The summed E-state index contributed by atoms with van der Waals surface area (Å²) in [4.78, 5) is 0. The summed E-state index contributed by atoms with van der Waals surface area (Å²) in [5, 5.41) is 9.08. The Balaban J connectivity index is 2.57. The maximum Gasteiger partial charge on any atom is 0.107 e. The fourth-order valence-corrected chi connectivity index (χ4v) is 1.76. The minimum absolute atomic E-state index is 0.0417. The molecular formula is C10H20O3. The molecule has 13 heavy (non-hydrogen) atoms. The summed E-state index contributed by atoms with van der Waals surface area (Å²) in [5.41, 5.74) is 0. The summed E-state index contributed by atoms with van der Waals surface area (Å²) in [7, 11) is 0. The lowest BCUT2D eigenvalue weighted by Gasteiger charge is -2.22. The average molecular weight is 188 g/mol. The second kappa shape index (κ2) is 4.40. The zero-order chi connectivity index (χ0) is 10.0. The largest absolute Gasteiger partial charge is 0.394 e. The molecule has 78 valence electrons. The van der Waals surface area contributed by atoms with E-state index in [1.807, 2.05) is 20.8 Å². The summed E-state index contributed by atoms with van der Waals surface area (Å²) in [5.74, 6) is 0.361. The quantitative estimate of drug-likeness (QED) is 0.723. The summed E-state index contributed by atoms with van der Waals surface area (Å²) < 4.78 is 11.3. The Morgan fingerprint density at radius 3 is 2.46 bits per heavy atom. The van der Waals surface area contributed by atoms with Crippen molar-refractivity contribution < 1.29 is 14.6 Å². The van der Waals surface area contributed by atoms with E-state index < -0.39 is 0 Å². The molecule has 3 nitrogen and oxygen atoms in total. The third-order valence-corrected chi connectivity index (χ3v) is 2.62. The molecule has 4 atom stereocenters. The summed E-state index contributed by atoms with van der Waals surface area (Å²) >= 11 is 0. The fraction of sp³-hybridized carbons (Fsp3) is 1.00. The van der Waals surface area contributed by atoms with Crippen LogP contribution >= 0.6 is 0 Å². The highest BCUT2D eigenvalue weighted by atomic mass is 16.6. The van der Waals surface area contributed by atoms with Gasteiger partial charge in [-0.3, -0.25) is 0 Å². The van der Waals surface area contributed by atoms with Gasteiger partial charge in [0.2, 0.25) is 0 Å². The van der Waals surface area contributed by atoms with Crippen molar-refractivity contribution in [1.82, 2.24) is 0 Å². The molecule has 1 N–H and O–H groups in total. The highest BCUT2D eigenvalue weighted by molar-refractivity contribution is 4.87. The molecule has 1 aliphatic rings. The van der Waals surface area contributed by atoms with Gasteiger partial charge < -0.3 is 14.6 Å². The van der Waals surface area contributed by atoms with Gasteiger partial charge in [-0.25, -0.2) is 0 Å². The number of hydrogen-bond acceptors (Lipinski definition) is 3. The minimum atomic E-state index is -0.146. The molecule has 1 unspecified atom stereocenters. The van der Waals surface area contributed by atoms with E-state index in [2.05, 4.69) is 6.92 Å². The smallest absolute Gasteiger partial charge is 0.107 e. The molecule has 1 aliphatic heterocycles. The number of aliphatic hydroxyl groups excluding tert-OH is 1. The first kappa shape index (κ1) is 11.0. The van der Waals surface area contributed by atoms with Crippen LogP contribution < -0.4 is 0 Å². The second-order valence-corrected chi connectivity index (χ2v) is 4.07. The number of aliphatic hydroxyl groups is 1. The molecule has 0 aromatic heterocycles. The van der Waals surface area contributed by atoms with Crippen molar-refractivity contribution >= 4 is 0 Å². The van der Waals surface area contributed by atoms with Crippen LogP contribution in [0.15, 0.2) is 0 Å². The minimum Gasteiger partial charge on any atom is -0.394 e. The molecule has 0 radical (unpaired) electrons. The van der Waals surface area contributed by atoms with E-state index in [9.17, 15) is 0 Å². The molecule has 0 saturated carbocycles. The molecule has 0 aromatic rings. The van der Waals surface area contributed by atoms with E-state index in [0.29, 0.717) is 5.92 Å². The van der Waals surface area contributed by atoms with Crippen LogP contribution in [0.3, 0.4) is 0 Å². The first-order valence-electron chi connectivity index (χ1n) is 4.98. The Morgan fingerprint density at radius 2 is 2.00 bits per heavy atom. The molecule has 1 saturated heterocycles. The van der Waals surface area contributed by atoms with Crippen molar-refractivity contribution in [3.05, 3.63) is 0 Å². The van der Waals surface area contributed by atoms with Crippen molar-refractivity contribution in [2.75, 3.05) is 6.61 Å². The first-order chi connectivity index (χ1) is 6.06.